The molecule has 1 heterocycles. The van der Waals surface area contributed by atoms with Gasteiger partial charge in [-0.1, -0.05) is 6.42 Å². The Hall–Kier alpha value is -1.14. The maximum Gasteiger partial charge on any atom is 0.241 e. The largest absolute Gasteiger partial charge is 0.424 e. The normalized spacial score (nSPS) is 17.4. The molecule has 0 saturated carbocycles. The van der Waals surface area contributed by atoms with Gasteiger partial charge in [0.2, 0.25) is 11.8 Å². The summed E-state index contributed by atoms with van der Waals surface area (Å²) < 4.78 is 5.21. The van der Waals surface area contributed by atoms with Crippen LogP contribution in [0.5, 0.6) is 0 Å². The van der Waals surface area contributed by atoms with Gasteiger partial charge < -0.3 is 15.9 Å². The minimum Gasteiger partial charge on any atom is -0.424 e. The highest BCUT2D eigenvalue weighted by atomic mass is 28.2. The topological polar surface area (TPSA) is 95.4 Å². The standard InChI is InChI=1S/C4H6N2O2.C4H10OSi/c5-3(7)1-2-4(6)8;1-2-4-6-5-3-1/h1-2H,(H2,5,7)(H2,6,8);1-4,6H2/b2-1+;. The van der Waals surface area contributed by atoms with Crippen molar-refractivity contribution in [1.29, 1.82) is 0 Å². The van der Waals surface area contributed by atoms with Crippen LogP contribution >= 0.6 is 0 Å². The van der Waals surface area contributed by atoms with Gasteiger partial charge in [-0.05, 0) is 12.5 Å². The van der Waals surface area contributed by atoms with Crippen molar-refractivity contribution in [3.8, 4) is 0 Å². The summed E-state index contributed by atoms with van der Waals surface area (Å²) in [6.07, 6.45) is 4.56. The summed E-state index contributed by atoms with van der Waals surface area (Å²) in [6, 6.07) is 1.42. The van der Waals surface area contributed by atoms with Gasteiger partial charge in [-0.15, -0.1) is 0 Å². The molecule has 0 unspecified atom stereocenters. The Bertz CT molecular complexity index is 187. The van der Waals surface area contributed by atoms with Gasteiger partial charge in [0.15, 0.2) is 9.76 Å². The van der Waals surface area contributed by atoms with Crippen LogP contribution in [0.1, 0.15) is 12.8 Å². The van der Waals surface area contributed by atoms with Crippen LogP contribution < -0.4 is 11.5 Å². The Morgan fingerprint density at radius 2 is 1.71 bits per heavy atom. The lowest BCUT2D eigenvalue weighted by atomic mass is 10.4. The zero-order valence-electron chi connectivity index (χ0n) is 8.07. The number of rotatable bonds is 2. The second-order valence-electron chi connectivity index (χ2n) is 2.81. The first kappa shape index (κ1) is 12.9. The third-order valence-corrected chi connectivity index (χ3v) is 2.86. The van der Waals surface area contributed by atoms with Gasteiger partial charge in [0.05, 0.1) is 0 Å². The van der Waals surface area contributed by atoms with Crippen LogP contribution in [-0.2, 0) is 14.0 Å². The predicted octanol–water partition coefficient (Wildman–Crippen LogP) is -1.19. The first-order valence-corrected chi connectivity index (χ1v) is 6.05. The maximum absolute atomic E-state index is 9.83. The molecule has 1 saturated heterocycles. The van der Waals surface area contributed by atoms with Crippen molar-refractivity contribution in [3.05, 3.63) is 12.2 Å². The highest BCUT2D eigenvalue weighted by Gasteiger charge is 1.96. The SMILES string of the molecule is C1CC[SiH2]OC1.NC(=O)/C=C/C(N)=O. The highest BCUT2D eigenvalue weighted by molar-refractivity contribution is 6.27. The van der Waals surface area contributed by atoms with Crippen LogP contribution in [0.15, 0.2) is 12.2 Å². The second kappa shape index (κ2) is 8.45. The van der Waals surface area contributed by atoms with Gasteiger partial charge in [-0.25, -0.2) is 0 Å². The zero-order valence-corrected chi connectivity index (χ0v) is 9.48. The van der Waals surface area contributed by atoms with E-state index in [-0.39, 0.29) is 9.76 Å². The summed E-state index contributed by atoms with van der Waals surface area (Å²) in [4.78, 5) is 19.7. The molecule has 1 rings (SSSR count). The van der Waals surface area contributed by atoms with Crippen molar-refractivity contribution >= 4 is 21.6 Å². The molecule has 1 aliphatic rings. The minimum atomic E-state index is -0.677. The molecule has 14 heavy (non-hydrogen) atoms. The van der Waals surface area contributed by atoms with Crippen LogP contribution in [0, 0.1) is 0 Å². The van der Waals surface area contributed by atoms with E-state index in [1.807, 2.05) is 0 Å². The molecular weight excluding hydrogens is 200 g/mol. The molecule has 0 bridgehead atoms. The van der Waals surface area contributed by atoms with E-state index in [0.29, 0.717) is 0 Å². The van der Waals surface area contributed by atoms with Crippen molar-refractivity contribution < 1.29 is 14.0 Å². The summed E-state index contributed by atoms with van der Waals surface area (Å²) in [5, 5.41) is 0. The van der Waals surface area contributed by atoms with Crippen LogP contribution in [0.25, 0.3) is 0 Å². The Kier molecular flexibility index (Phi) is 7.76. The van der Waals surface area contributed by atoms with E-state index in [9.17, 15) is 9.59 Å². The third-order valence-electron chi connectivity index (χ3n) is 1.49. The molecule has 0 aromatic carbocycles. The molecular formula is C8H16N2O3Si. The van der Waals surface area contributed by atoms with Gasteiger partial charge >= 0.3 is 0 Å². The van der Waals surface area contributed by atoms with Crippen molar-refractivity contribution in [3.63, 3.8) is 0 Å². The molecule has 0 atom stereocenters. The predicted molar refractivity (Wildman–Crippen MR) is 56.1 cm³/mol. The van der Waals surface area contributed by atoms with Crippen LogP contribution in [0.3, 0.4) is 0 Å². The molecule has 4 N–H and O–H groups in total. The average Bonchev–Trinajstić information content (AvgIpc) is 2.18. The maximum atomic E-state index is 9.83. The fourth-order valence-electron chi connectivity index (χ4n) is 0.851. The van der Waals surface area contributed by atoms with Crippen LogP contribution in [0.2, 0.25) is 6.04 Å². The van der Waals surface area contributed by atoms with Gasteiger partial charge in [0.25, 0.3) is 0 Å². The number of amides is 2. The van der Waals surface area contributed by atoms with Gasteiger partial charge in [0, 0.05) is 18.8 Å². The number of carbonyl (C=O) groups is 2. The lowest BCUT2D eigenvalue weighted by Gasteiger charge is -2.07. The quantitative estimate of drug-likeness (QED) is 0.449. The molecule has 2 amide bonds. The van der Waals surface area contributed by atoms with Crippen molar-refractivity contribution in [2.75, 3.05) is 6.61 Å². The van der Waals surface area contributed by atoms with Crippen molar-refractivity contribution in [2.45, 2.75) is 18.9 Å². The number of hydrogen-bond acceptors (Lipinski definition) is 3. The Balaban J connectivity index is 0.000000249. The van der Waals surface area contributed by atoms with Crippen molar-refractivity contribution in [1.82, 2.24) is 0 Å². The van der Waals surface area contributed by atoms with E-state index in [1.54, 1.807) is 0 Å². The summed E-state index contributed by atoms with van der Waals surface area (Å²) in [7, 11) is 0.00849. The first-order chi connectivity index (χ1) is 6.63. The van der Waals surface area contributed by atoms with Crippen LogP contribution in [-0.4, -0.2) is 28.2 Å². The van der Waals surface area contributed by atoms with Gasteiger partial charge in [-0.2, -0.15) is 0 Å². The number of hydrogen-bond donors (Lipinski definition) is 2. The summed E-state index contributed by atoms with van der Waals surface area (Å²) >= 11 is 0. The van der Waals surface area contributed by atoms with E-state index in [4.69, 9.17) is 4.43 Å². The third kappa shape index (κ3) is 10.9. The smallest absolute Gasteiger partial charge is 0.241 e. The molecule has 6 heteroatoms. The Morgan fingerprint density at radius 1 is 1.14 bits per heavy atom. The molecule has 0 aliphatic carbocycles. The highest BCUT2D eigenvalue weighted by Crippen LogP contribution is 2.01. The van der Waals surface area contributed by atoms with E-state index >= 15 is 0 Å². The van der Waals surface area contributed by atoms with Gasteiger partial charge in [0.1, 0.15) is 0 Å². The van der Waals surface area contributed by atoms with E-state index in [0.717, 1.165) is 18.8 Å². The summed E-state index contributed by atoms with van der Waals surface area (Å²) in [6.45, 7) is 1.06. The lowest BCUT2D eigenvalue weighted by molar-refractivity contribution is -0.115. The molecule has 0 radical (unpaired) electrons. The van der Waals surface area contributed by atoms with Crippen molar-refractivity contribution in [2.24, 2.45) is 11.5 Å². The molecule has 5 nitrogen and oxygen atoms in total. The number of carbonyl (C=O) groups excluding carboxylic acids is 2. The molecule has 0 spiro atoms. The fraction of sp³-hybridized carbons (Fsp3) is 0.500. The van der Waals surface area contributed by atoms with Crippen LogP contribution in [0.4, 0.5) is 0 Å². The lowest BCUT2D eigenvalue weighted by Crippen LogP contribution is -2.10. The first-order valence-electron chi connectivity index (χ1n) is 4.47. The monoisotopic (exact) mass is 216 g/mol. The second-order valence-corrected chi connectivity index (χ2v) is 4.33. The molecule has 1 aliphatic heterocycles. The van der Waals surface area contributed by atoms with E-state index in [1.165, 1.54) is 18.9 Å². The van der Waals surface area contributed by atoms with E-state index < -0.39 is 11.8 Å². The average molecular weight is 216 g/mol. The minimum absolute atomic E-state index is 0.00849. The molecule has 0 aromatic rings. The van der Waals surface area contributed by atoms with E-state index in [2.05, 4.69) is 11.5 Å². The number of nitrogens with two attached hydrogens (primary N) is 2. The Morgan fingerprint density at radius 3 is 1.86 bits per heavy atom. The fourth-order valence-corrected chi connectivity index (χ4v) is 2.02. The zero-order chi connectivity index (χ0) is 10.8. The molecule has 0 aromatic heterocycles. The summed E-state index contributed by atoms with van der Waals surface area (Å²) in [5.41, 5.74) is 9.21. The molecule has 80 valence electrons. The summed E-state index contributed by atoms with van der Waals surface area (Å²) in [5.74, 6) is -1.35. The van der Waals surface area contributed by atoms with Gasteiger partial charge in [-0.3, -0.25) is 9.59 Å². The molecule has 1 fully saturated rings. The number of primary amides is 2. The Labute approximate surface area is 85.4 Å².